The van der Waals surface area contributed by atoms with Gasteiger partial charge < -0.3 is 4.74 Å². The minimum absolute atomic E-state index is 0.303. The lowest BCUT2D eigenvalue weighted by molar-refractivity contribution is -0.111. The molecule has 14 heavy (non-hydrogen) atoms. The van der Waals surface area contributed by atoms with Crippen LogP contribution in [0.1, 0.15) is 16.1 Å². The quantitative estimate of drug-likeness (QED) is 0.614. The molecule has 70 valence electrons. The van der Waals surface area contributed by atoms with E-state index in [1.807, 2.05) is 0 Å². The Morgan fingerprint density at radius 2 is 2.14 bits per heavy atom. The summed E-state index contributed by atoms with van der Waals surface area (Å²) in [5.41, 5.74) is 0.733. The van der Waals surface area contributed by atoms with E-state index in [0.29, 0.717) is 17.0 Å². The molecule has 0 fully saturated rings. The van der Waals surface area contributed by atoms with Crippen LogP contribution in [0.2, 0.25) is 0 Å². The highest BCUT2D eigenvalue weighted by atomic mass is 16.5. The number of Topliss-reactive ketones (excluding diaryl/α,β-unsaturated/α-hetero) is 1. The van der Waals surface area contributed by atoms with Crippen molar-refractivity contribution in [1.82, 2.24) is 4.98 Å². The van der Waals surface area contributed by atoms with Gasteiger partial charge in [0.05, 0.1) is 12.7 Å². The van der Waals surface area contributed by atoms with Crippen LogP contribution in [0.15, 0.2) is 24.4 Å². The molecular weight excluding hydrogens is 182 g/mol. The largest absolute Gasteiger partial charge is 0.494 e. The van der Waals surface area contributed by atoms with Crippen LogP contribution in [0.4, 0.5) is 0 Å². The predicted molar refractivity (Wildman–Crippen MR) is 48.6 cm³/mol. The molecule has 0 aliphatic heterocycles. The third-order valence-electron chi connectivity index (χ3n) is 1.99. The monoisotopic (exact) mass is 189 g/mol. The number of ketones is 2. The van der Waals surface area contributed by atoms with Crippen molar-refractivity contribution in [2.24, 2.45) is 0 Å². The third kappa shape index (κ3) is 1.12. The Morgan fingerprint density at radius 3 is 2.86 bits per heavy atom. The summed E-state index contributed by atoms with van der Waals surface area (Å²) in [6, 6.07) is 3.18. The highest BCUT2D eigenvalue weighted by Gasteiger charge is 2.26. The maximum absolute atomic E-state index is 11.4. The van der Waals surface area contributed by atoms with Crippen molar-refractivity contribution < 1.29 is 14.3 Å². The van der Waals surface area contributed by atoms with Crippen LogP contribution in [0, 0.1) is 0 Å². The van der Waals surface area contributed by atoms with Gasteiger partial charge in [-0.15, -0.1) is 0 Å². The third-order valence-corrected chi connectivity index (χ3v) is 1.99. The second kappa shape index (κ2) is 3.06. The van der Waals surface area contributed by atoms with Gasteiger partial charge >= 0.3 is 0 Å². The average molecular weight is 189 g/mol. The van der Waals surface area contributed by atoms with E-state index in [-0.39, 0.29) is 0 Å². The first-order valence-corrected chi connectivity index (χ1v) is 4.04. The Morgan fingerprint density at radius 1 is 1.36 bits per heavy atom. The number of carbonyl (C=O) groups excluding carboxylic acids is 2. The number of carbonyl (C=O) groups is 2. The predicted octanol–water partition coefficient (Wildman–Crippen LogP) is 0.834. The van der Waals surface area contributed by atoms with Gasteiger partial charge in [0, 0.05) is 12.3 Å². The first kappa shape index (κ1) is 8.62. The van der Waals surface area contributed by atoms with Gasteiger partial charge in [0.15, 0.2) is 0 Å². The van der Waals surface area contributed by atoms with Crippen molar-refractivity contribution in [1.29, 1.82) is 0 Å². The van der Waals surface area contributed by atoms with Crippen LogP contribution in [-0.4, -0.2) is 23.7 Å². The van der Waals surface area contributed by atoms with Crippen molar-refractivity contribution in [3.8, 4) is 0 Å². The summed E-state index contributed by atoms with van der Waals surface area (Å²) >= 11 is 0. The molecule has 2 rings (SSSR count). The molecule has 0 spiro atoms. The number of hydrogen-bond acceptors (Lipinski definition) is 4. The van der Waals surface area contributed by atoms with Gasteiger partial charge in [-0.3, -0.25) is 14.6 Å². The summed E-state index contributed by atoms with van der Waals surface area (Å²) in [6.07, 6.45) is 2.71. The molecule has 4 heteroatoms. The van der Waals surface area contributed by atoms with Gasteiger partial charge in [0.1, 0.15) is 11.5 Å². The molecule has 1 aliphatic rings. The number of methoxy groups -OCH3 is 1. The maximum atomic E-state index is 11.4. The Hall–Kier alpha value is -1.97. The fraction of sp³-hybridized carbons (Fsp3) is 0.100. The first-order valence-electron chi connectivity index (χ1n) is 4.04. The van der Waals surface area contributed by atoms with E-state index in [9.17, 15) is 9.59 Å². The van der Waals surface area contributed by atoms with E-state index < -0.39 is 11.6 Å². The number of allylic oxidation sites excluding steroid dienone is 1. The zero-order valence-corrected chi connectivity index (χ0v) is 7.48. The number of pyridine rings is 1. The van der Waals surface area contributed by atoms with Crippen LogP contribution in [0.5, 0.6) is 0 Å². The maximum Gasteiger partial charge on any atom is 0.235 e. The zero-order valence-electron chi connectivity index (χ0n) is 7.48. The van der Waals surface area contributed by atoms with E-state index in [2.05, 4.69) is 4.98 Å². The Balaban J connectivity index is 2.66. The number of fused-ring (bicyclic) bond motifs is 1. The number of aromatic nitrogens is 1. The zero-order chi connectivity index (χ0) is 10.1. The second-order valence-corrected chi connectivity index (χ2v) is 2.81. The Labute approximate surface area is 80.2 Å². The molecule has 1 heterocycles. The van der Waals surface area contributed by atoms with E-state index >= 15 is 0 Å². The van der Waals surface area contributed by atoms with Crippen LogP contribution < -0.4 is 0 Å². The second-order valence-electron chi connectivity index (χ2n) is 2.81. The lowest BCUT2D eigenvalue weighted by atomic mass is 9.98. The lowest BCUT2D eigenvalue weighted by Gasteiger charge is -2.12. The summed E-state index contributed by atoms with van der Waals surface area (Å²) in [5, 5.41) is 0. The summed E-state index contributed by atoms with van der Waals surface area (Å²) in [6.45, 7) is 0. The molecule has 0 aromatic carbocycles. The highest BCUT2D eigenvalue weighted by Crippen LogP contribution is 2.22. The molecule has 0 amide bonds. The smallest absolute Gasteiger partial charge is 0.235 e. The number of hydrogen-bond donors (Lipinski definition) is 0. The van der Waals surface area contributed by atoms with Gasteiger partial charge in [0.2, 0.25) is 11.6 Å². The molecule has 0 unspecified atom stereocenters. The van der Waals surface area contributed by atoms with Crippen molar-refractivity contribution in [2.45, 2.75) is 0 Å². The Kier molecular flexibility index (Phi) is 1.89. The van der Waals surface area contributed by atoms with Crippen LogP contribution in [0.25, 0.3) is 5.76 Å². The van der Waals surface area contributed by atoms with Crippen LogP contribution >= 0.6 is 0 Å². The minimum Gasteiger partial charge on any atom is -0.494 e. The van der Waals surface area contributed by atoms with Gasteiger partial charge in [-0.25, -0.2) is 0 Å². The standard InChI is InChI=1S/C10H7NO3/c1-14-8-5-7(12)10(13)6-3-2-4-11-9(6)8/h2-5H,1H3. The molecule has 1 aromatic heterocycles. The van der Waals surface area contributed by atoms with Crippen molar-refractivity contribution in [3.05, 3.63) is 35.7 Å². The van der Waals surface area contributed by atoms with Gasteiger partial charge in [-0.2, -0.15) is 0 Å². The van der Waals surface area contributed by atoms with E-state index in [1.54, 1.807) is 18.3 Å². The van der Waals surface area contributed by atoms with E-state index in [4.69, 9.17) is 4.74 Å². The summed E-state index contributed by atoms with van der Waals surface area (Å²) in [7, 11) is 1.44. The molecule has 1 aromatic rings. The highest BCUT2D eigenvalue weighted by molar-refractivity contribution is 6.50. The molecule has 0 atom stereocenters. The number of rotatable bonds is 1. The fourth-order valence-corrected chi connectivity index (χ4v) is 1.33. The van der Waals surface area contributed by atoms with Crippen LogP contribution in [-0.2, 0) is 9.53 Å². The molecule has 0 saturated carbocycles. The molecular formula is C10H7NO3. The Bertz CT molecular complexity index is 448. The molecule has 0 N–H and O–H groups in total. The van der Waals surface area contributed by atoms with Gasteiger partial charge in [-0.05, 0) is 12.1 Å². The van der Waals surface area contributed by atoms with Gasteiger partial charge in [-0.1, -0.05) is 0 Å². The summed E-state index contributed by atoms with van der Waals surface area (Å²) in [4.78, 5) is 26.6. The topological polar surface area (TPSA) is 56.3 Å². The number of nitrogens with zero attached hydrogens (tertiary/aromatic N) is 1. The molecule has 4 nitrogen and oxygen atoms in total. The van der Waals surface area contributed by atoms with Gasteiger partial charge in [0.25, 0.3) is 0 Å². The van der Waals surface area contributed by atoms with Crippen molar-refractivity contribution in [2.75, 3.05) is 7.11 Å². The normalized spacial score (nSPS) is 14.8. The van der Waals surface area contributed by atoms with Crippen molar-refractivity contribution >= 4 is 17.3 Å². The van der Waals surface area contributed by atoms with E-state index in [0.717, 1.165) is 6.08 Å². The fourth-order valence-electron chi connectivity index (χ4n) is 1.33. The summed E-state index contributed by atoms with van der Waals surface area (Å²) < 4.78 is 4.96. The molecule has 1 aliphatic carbocycles. The van der Waals surface area contributed by atoms with E-state index in [1.165, 1.54) is 7.11 Å². The number of ether oxygens (including phenoxy) is 1. The van der Waals surface area contributed by atoms with Crippen molar-refractivity contribution in [3.63, 3.8) is 0 Å². The minimum atomic E-state index is -0.567. The molecule has 0 bridgehead atoms. The lowest BCUT2D eigenvalue weighted by Crippen LogP contribution is -2.19. The van der Waals surface area contributed by atoms with Crippen LogP contribution in [0.3, 0.4) is 0 Å². The summed E-state index contributed by atoms with van der Waals surface area (Å²) in [5.74, 6) is -0.763. The first-order chi connectivity index (χ1) is 6.74. The SMILES string of the molecule is COC1=CC(=O)C(=O)c2cccnc21. The average Bonchev–Trinajstić information content (AvgIpc) is 2.23. The molecule has 0 radical (unpaired) electrons. The molecule has 0 saturated heterocycles.